The summed E-state index contributed by atoms with van der Waals surface area (Å²) in [7, 11) is 0. The summed E-state index contributed by atoms with van der Waals surface area (Å²) in [5.41, 5.74) is 4.93. The number of fused-ring (bicyclic) bond motifs is 3. The molecule has 0 saturated carbocycles. The fourth-order valence-corrected chi connectivity index (χ4v) is 5.67. The lowest BCUT2D eigenvalue weighted by Gasteiger charge is -2.35. The van der Waals surface area contributed by atoms with Crippen molar-refractivity contribution in [3.63, 3.8) is 0 Å². The SMILES string of the molecule is Cc1cc(-c2nc(Nc3ccc(N4CCN(CCO)CC4)cn3)ncc2F)cc2c1nc1n2C(C)(C)CC1. The van der Waals surface area contributed by atoms with E-state index in [0.717, 1.165) is 67.1 Å². The predicted molar refractivity (Wildman–Crippen MR) is 146 cm³/mol. The molecule has 5 heterocycles. The summed E-state index contributed by atoms with van der Waals surface area (Å²) in [6.45, 7) is 11.0. The average Bonchev–Trinajstić information content (AvgIpc) is 3.44. The van der Waals surface area contributed by atoms with E-state index in [1.807, 2.05) is 37.4 Å². The van der Waals surface area contributed by atoms with Crippen molar-refractivity contribution in [2.45, 2.75) is 39.2 Å². The number of hydrogen-bond donors (Lipinski definition) is 2. The van der Waals surface area contributed by atoms with Crippen LogP contribution in [0.4, 0.5) is 21.8 Å². The van der Waals surface area contributed by atoms with Crippen molar-refractivity contribution >= 4 is 28.5 Å². The minimum atomic E-state index is -0.474. The second-order valence-corrected chi connectivity index (χ2v) is 10.8. The molecule has 0 unspecified atom stereocenters. The van der Waals surface area contributed by atoms with Crippen molar-refractivity contribution in [1.82, 2.24) is 29.4 Å². The monoisotopic (exact) mass is 516 g/mol. The molecular formula is C28H33FN8O. The van der Waals surface area contributed by atoms with Gasteiger partial charge in [0.25, 0.3) is 0 Å². The van der Waals surface area contributed by atoms with Gasteiger partial charge in [-0.1, -0.05) is 0 Å². The van der Waals surface area contributed by atoms with Crippen molar-refractivity contribution in [3.05, 3.63) is 53.9 Å². The number of benzene rings is 1. The maximum atomic E-state index is 15.0. The minimum Gasteiger partial charge on any atom is -0.395 e. The molecular weight excluding hydrogens is 483 g/mol. The third kappa shape index (κ3) is 4.48. The summed E-state index contributed by atoms with van der Waals surface area (Å²) in [6, 6.07) is 7.84. The van der Waals surface area contributed by atoms with Crippen LogP contribution in [0.3, 0.4) is 0 Å². The Labute approximate surface area is 221 Å². The number of aliphatic hydroxyl groups is 1. The zero-order chi connectivity index (χ0) is 26.4. The summed E-state index contributed by atoms with van der Waals surface area (Å²) in [5, 5.41) is 12.3. The van der Waals surface area contributed by atoms with Crippen molar-refractivity contribution in [2.75, 3.05) is 49.5 Å². The second-order valence-electron chi connectivity index (χ2n) is 10.8. The number of pyridine rings is 1. The number of imidazole rings is 1. The van der Waals surface area contributed by atoms with Gasteiger partial charge in [-0.05, 0) is 57.0 Å². The van der Waals surface area contributed by atoms with Gasteiger partial charge in [-0.2, -0.15) is 0 Å². The normalized spacial score (nSPS) is 17.2. The van der Waals surface area contributed by atoms with E-state index in [2.05, 4.69) is 48.5 Å². The zero-order valence-electron chi connectivity index (χ0n) is 22.1. The van der Waals surface area contributed by atoms with Gasteiger partial charge in [0.2, 0.25) is 5.95 Å². The van der Waals surface area contributed by atoms with Gasteiger partial charge < -0.3 is 19.9 Å². The van der Waals surface area contributed by atoms with Gasteiger partial charge in [-0.3, -0.25) is 4.90 Å². The van der Waals surface area contributed by atoms with Gasteiger partial charge in [0, 0.05) is 50.2 Å². The molecule has 4 aromatic rings. The summed E-state index contributed by atoms with van der Waals surface area (Å²) >= 11 is 0. The first-order valence-corrected chi connectivity index (χ1v) is 13.2. The third-order valence-electron chi connectivity index (χ3n) is 7.74. The Kier molecular flexibility index (Phi) is 6.23. The van der Waals surface area contributed by atoms with E-state index in [0.29, 0.717) is 17.9 Å². The van der Waals surface area contributed by atoms with Crippen LogP contribution >= 0.6 is 0 Å². The van der Waals surface area contributed by atoms with Crippen LogP contribution in [0.1, 0.15) is 31.7 Å². The van der Waals surface area contributed by atoms with Gasteiger partial charge in [0.05, 0.1) is 35.7 Å². The molecule has 10 heteroatoms. The summed E-state index contributed by atoms with van der Waals surface area (Å²) in [5.74, 6) is 1.48. The van der Waals surface area contributed by atoms with Gasteiger partial charge in [0.15, 0.2) is 5.82 Å². The number of aryl methyl sites for hydroxylation is 2. The molecule has 0 bridgehead atoms. The summed E-state index contributed by atoms with van der Waals surface area (Å²) in [4.78, 5) is 22.6. The predicted octanol–water partition coefficient (Wildman–Crippen LogP) is 3.88. The molecule has 0 amide bonds. The van der Waals surface area contributed by atoms with Gasteiger partial charge in [0.1, 0.15) is 17.3 Å². The molecule has 9 nitrogen and oxygen atoms in total. The molecule has 198 valence electrons. The van der Waals surface area contributed by atoms with Crippen molar-refractivity contribution in [1.29, 1.82) is 0 Å². The van der Waals surface area contributed by atoms with E-state index in [9.17, 15) is 4.39 Å². The molecule has 0 atom stereocenters. The number of halogens is 1. The third-order valence-corrected chi connectivity index (χ3v) is 7.74. The Morgan fingerprint density at radius 1 is 1.05 bits per heavy atom. The number of rotatable bonds is 6. The maximum Gasteiger partial charge on any atom is 0.229 e. The van der Waals surface area contributed by atoms with E-state index < -0.39 is 5.82 Å². The Morgan fingerprint density at radius 2 is 1.87 bits per heavy atom. The molecule has 2 aliphatic heterocycles. The molecule has 6 rings (SSSR count). The van der Waals surface area contributed by atoms with Gasteiger partial charge in [-0.25, -0.2) is 24.3 Å². The zero-order valence-corrected chi connectivity index (χ0v) is 22.1. The van der Waals surface area contributed by atoms with E-state index in [4.69, 9.17) is 10.1 Å². The molecule has 2 aliphatic rings. The topological polar surface area (TPSA) is 95.2 Å². The maximum absolute atomic E-state index is 15.0. The molecule has 0 aliphatic carbocycles. The van der Waals surface area contributed by atoms with Crippen LogP contribution in [0.25, 0.3) is 22.3 Å². The highest BCUT2D eigenvalue weighted by molar-refractivity contribution is 5.86. The van der Waals surface area contributed by atoms with Crippen LogP contribution in [-0.2, 0) is 12.0 Å². The number of piperazine rings is 1. The Balaban J connectivity index is 1.24. The van der Waals surface area contributed by atoms with Crippen LogP contribution in [0.15, 0.2) is 36.7 Å². The first-order valence-electron chi connectivity index (χ1n) is 13.2. The van der Waals surface area contributed by atoms with Crippen LogP contribution < -0.4 is 10.2 Å². The highest BCUT2D eigenvalue weighted by Gasteiger charge is 2.32. The molecule has 1 fully saturated rings. The number of nitrogens with zero attached hydrogens (tertiary/aromatic N) is 7. The Hall–Kier alpha value is -3.63. The smallest absolute Gasteiger partial charge is 0.229 e. The molecule has 1 saturated heterocycles. The van der Waals surface area contributed by atoms with Crippen LogP contribution in [0.2, 0.25) is 0 Å². The number of β-amino-alcohol motifs (C(OH)–C–C–N with tert-alkyl or cyclic N) is 1. The van der Waals surface area contributed by atoms with Crippen molar-refractivity contribution in [2.24, 2.45) is 0 Å². The number of aliphatic hydroxyl groups excluding tert-OH is 1. The number of hydrogen-bond acceptors (Lipinski definition) is 8. The Morgan fingerprint density at radius 3 is 2.61 bits per heavy atom. The summed E-state index contributed by atoms with van der Waals surface area (Å²) in [6.07, 6.45) is 5.01. The van der Waals surface area contributed by atoms with Crippen molar-refractivity contribution < 1.29 is 9.50 Å². The van der Waals surface area contributed by atoms with Crippen LogP contribution in [-0.4, -0.2) is 73.8 Å². The lowest BCUT2D eigenvalue weighted by molar-refractivity contribution is 0.189. The second kappa shape index (κ2) is 9.59. The van der Waals surface area contributed by atoms with Gasteiger partial charge >= 0.3 is 0 Å². The molecule has 1 aromatic carbocycles. The summed E-state index contributed by atoms with van der Waals surface area (Å²) < 4.78 is 17.3. The highest BCUT2D eigenvalue weighted by Crippen LogP contribution is 2.38. The fourth-order valence-electron chi connectivity index (χ4n) is 5.67. The van der Waals surface area contributed by atoms with E-state index in [-0.39, 0.29) is 23.8 Å². The van der Waals surface area contributed by atoms with Crippen LogP contribution in [0, 0.1) is 12.7 Å². The number of aromatic nitrogens is 5. The van der Waals surface area contributed by atoms with Gasteiger partial charge in [-0.15, -0.1) is 0 Å². The molecule has 38 heavy (non-hydrogen) atoms. The van der Waals surface area contributed by atoms with E-state index in [1.165, 1.54) is 6.20 Å². The first-order chi connectivity index (χ1) is 18.3. The van der Waals surface area contributed by atoms with E-state index >= 15 is 0 Å². The minimum absolute atomic E-state index is 0.0308. The largest absolute Gasteiger partial charge is 0.395 e. The average molecular weight is 517 g/mol. The first kappa shape index (κ1) is 24.7. The van der Waals surface area contributed by atoms with E-state index in [1.54, 1.807) is 0 Å². The molecule has 2 N–H and O–H groups in total. The fraction of sp³-hybridized carbons (Fsp3) is 0.429. The Bertz CT molecular complexity index is 1470. The van der Waals surface area contributed by atoms with Crippen LogP contribution in [0.5, 0.6) is 0 Å². The number of anilines is 3. The highest BCUT2D eigenvalue weighted by atomic mass is 19.1. The molecule has 0 spiro atoms. The molecule has 0 radical (unpaired) electrons. The molecule has 3 aromatic heterocycles. The van der Waals surface area contributed by atoms with Crippen molar-refractivity contribution in [3.8, 4) is 11.3 Å². The lowest BCUT2D eigenvalue weighted by Crippen LogP contribution is -2.47. The lowest BCUT2D eigenvalue weighted by atomic mass is 10.0. The number of nitrogens with one attached hydrogen (secondary N) is 1. The standard InChI is InChI=1S/C28H33FN8O/c1-18-14-19(15-22-25(18)33-24-6-7-28(2,3)37(22)24)26-21(29)17-31-27(34-26)32-23-5-4-20(16-30-23)36-10-8-35(9-11-36)12-13-38/h4-5,14-17,38H,6-13H2,1-3H3,(H,30,31,32,34). The quantitative estimate of drug-likeness (QED) is 0.399.